The Bertz CT molecular complexity index is 2120. The van der Waals surface area contributed by atoms with Crippen molar-refractivity contribution in [3.63, 3.8) is 0 Å². The number of carbonyl (C=O) groups is 4. The van der Waals surface area contributed by atoms with Gasteiger partial charge in [-0.25, -0.2) is 0 Å². The minimum Gasteiger partial charge on any atom is -0.293 e. The first-order valence-corrected chi connectivity index (χ1v) is 16.6. The van der Waals surface area contributed by atoms with E-state index < -0.39 is 11.8 Å². The summed E-state index contributed by atoms with van der Waals surface area (Å²) < 4.78 is 0. The first kappa shape index (κ1) is 30.8. The predicted octanol–water partition coefficient (Wildman–Crippen LogP) is 9.38. The normalized spacial score (nSPS) is 16.9. The molecule has 0 N–H and O–H groups in total. The lowest BCUT2D eigenvalue weighted by Crippen LogP contribution is -2.43. The molecule has 2 aliphatic rings. The van der Waals surface area contributed by atoms with E-state index in [0.29, 0.717) is 11.1 Å². The molecule has 50 heavy (non-hydrogen) atoms. The summed E-state index contributed by atoms with van der Waals surface area (Å²) in [5.41, 5.74) is 5.47. The van der Waals surface area contributed by atoms with Gasteiger partial charge in [-0.1, -0.05) is 170 Å². The molecule has 238 valence electrons. The highest BCUT2D eigenvalue weighted by molar-refractivity contribution is 6.32. The van der Waals surface area contributed by atoms with Gasteiger partial charge in [-0.05, 0) is 33.4 Å². The summed E-state index contributed by atoms with van der Waals surface area (Å²) in [6.07, 6.45) is 0. The quantitative estimate of drug-likeness (QED) is 0.175. The van der Waals surface area contributed by atoms with Gasteiger partial charge in [0.25, 0.3) is 0 Å². The maximum Gasteiger partial charge on any atom is 0.191 e. The Morgan fingerprint density at radius 1 is 0.300 bits per heavy atom. The van der Waals surface area contributed by atoms with Crippen LogP contribution in [0.5, 0.6) is 0 Å². The number of fused-ring (bicyclic) bond motifs is 2. The molecule has 0 fully saturated rings. The van der Waals surface area contributed by atoms with Crippen molar-refractivity contribution in [3.05, 3.63) is 226 Å². The van der Waals surface area contributed by atoms with Gasteiger partial charge < -0.3 is 0 Å². The molecule has 4 nitrogen and oxygen atoms in total. The van der Waals surface area contributed by atoms with Crippen molar-refractivity contribution in [2.75, 3.05) is 0 Å². The molecule has 0 saturated carbocycles. The van der Waals surface area contributed by atoms with E-state index in [1.54, 1.807) is 48.5 Å². The minimum absolute atomic E-state index is 0.203. The predicted molar refractivity (Wildman–Crippen MR) is 195 cm³/mol. The Morgan fingerprint density at radius 2 is 0.540 bits per heavy atom. The third kappa shape index (κ3) is 5.10. The van der Waals surface area contributed by atoms with Gasteiger partial charge in [0.15, 0.2) is 23.1 Å². The molecule has 0 aromatic heterocycles. The molecule has 2 unspecified atom stereocenters. The topological polar surface area (TPSA) is 68.3 Å². The third-order valence-electron chi connectivity index (χ3n) is 9.67. The second-order valence-electron chi connectivity index (χ2n) is 12.5. The van der Waals surface area contributed by atoms with E-state index in [0.717, 1.165) is 22.3 Å². The molecule has 2 atom stereocenters. The van der Waals surface area contributed by atoms with E-state index >= 15 is 19.2 Å². The molecule has 0 radical (unpaired) electrons. The monoisotopic (exact) mass is 646 g/mol. The highest BCUT2D eigenvalue weighted by atomic mass is 16.2. The number of Topliss-reactive ketones (excluding diaryl/α,β-unsaturated/α-hetero) is 4. The molecule has 0 aliphatic heterocycles. The SMILES string of the molecule is O=C1C(=C(c2ccccc2)c2ccccc2)C(C2C(=O)c3ccccc3C(=O)C2=C(c2ccccc2)c2ccccc2)C(=O)c2ccccc21. The lowest BCUT2D eigenvalue weighted by Gasteiger charge is -2.37. The van der Waals surface area contributed by atoms with Gasteiger partial charge in [-0.3, -0.25) is 19.2 Å². The van der Waals surface area contributed by atoms with Gasteiger partial charge in [0, 0.05) is 33.4 Å². The van der Waals surface area contributed by atoms with E-state index in [1.165, 1.54) is 0 Å². The van der Waals surface area contributed by atoms with Crippen LogP contribution < -0.4 is 0 Å². The van der Waals surface area contributed by atoms with Crippen molar-refractivity contribution in [2.24, 2.45) is 11.8 Å². The number of allylic oxidation sites excluding steroid dienone is 2. The zero-order valence-corrected chi connectivity index (χ0v) is 27.0. The fourth-order valence-corrected chi connectivity index (χ4v) is 7.51. The Kier molecular flexibility index (Phi) is 7.90. The number of rotatable bonds is 5. The second-order valence-corrected chi connectivity index (χ2v) is 12.5. The van der Waals surface area contributed by atoms with Crippen molar-refractivity contribution in [1.29, 1.82) is 0 Å². The van der Waals surface area contributed by atoms with E-state index in [4.69, 9.17) is 0 Å². The summed E-state index contributed by atoms with van der Waals surface area (Å²) in [5, 5.41) is 0. The van der Waals surface area contributed by atoms with Crippen LogP contribution >= 0.6 is 0 Å². The van der Waals surface area contributed by atoms with Crippen LogP contribution in [-0.2, 0) is 0 Å². The van der Waals surface area contributed by atoms with E-state index in [2.05, 4.69) is 0 Å². The van der Waals surface area contributed by atoms with Gasteiger partial charge in [0.05, 0.1) is 11.8 Å². The van der Waals surface area contributed by atoms with Gasteiger partial charge in [-0.15, -0.1) is 0 Å². The number of hydrogen-bond donors (Lipinski definition) is 0. The summed E-state index contributed by atoms with van der Waals surface area (Å²) in [4.78, 5) is 60.4. The first-order valence-electron chi connectivity index (χ1n) is 16.6. The van der Waals surface area contributed by atoms with Crippen molar-refractivity contribution >= 4 is 34.3 Å². The Labute approximate surface area is 290 Å². The summed E-state index contributed by atoms with van der Waals surface area (Å²) in [6.45, 7) is 0. The van der Waals surface area contributed by atoms with E-state index in [9.17, 15) is 0 Å². The fourth-order valence-electron chi connectivity index (χ4n) is 7.51. The summed E-state index contributed by atoms with van der Waals surface area (Å²) >= 11 is 0. The molecule has 8 rings (SSSR count). The molecular formula is C46H30O4. The lowest BCUT2D eigenvalue weighted by atomic mass is 9.61. The van der Waals surface area contributed by atoms with Crippen LogP contribution in [0.25, 0.3) is 11.1 Å². The van der Waals surface area contributed by atoms with Crippen LogP contribution in [0.2, 0.25) is 0 Å². The average Bonchev–Trinajstić information content (AvgIpc) is 3.18. The Balaban J connectivity index is 1.54. The van der Waals surface area contributed by atoms with Crippen LogP contribution in [0.4, 0.5) is 0 Å². The van der Waals surface area contributed by atoms with E-state index in [-0.39, 0.29) is 56.5 Å². The minimum atomic E-state index is -1.30. The molecular weight excluding hydrogens is 617 g/mol. The van der Waals surface area contributed by atoms with Crippen LogP contribution in [0.3, 0.4) is 0 Å². The molecule has 0 heterocycles. The summed E-state index contributed by atoms with van der Waals surface area (Å²) in [7, 11) is 0. The fraction of sp³-hybridized carbons (Fsp3) is 0.0435. The summed E-state index contributed by atoms with van der Waals surface area (Å²) in [5.74, 6) is -4.02. The smallest absolute Gasteiger partial charge is 0.191 e. The van der Waals surface area contributed by atoms with Crippen LogP contribution in [0, 0.1) is 11.8 Å². The molecule has 0 spiro atoms. The van der Waals surface area contributed by atoms with E-state index in [1.807, 2.05) is 121 Å². The Morgan fingerprint density at radius 3 is 0.820 bits per heavy atom. The van der Waals surface area contributed by atoms with Crippen molar-refractivity contribution in [2.45, 2.75) is 0 Å². The molecule has 0 bridgehead atoms. The maximum atomic E-state index is 15.2. The summed E-state index contributed by atoms with van der Waals surface area (Å²) in [6, 6.07) is 51.5. The first-order chi connectivity index (χ1) is 24.5. The molecule has 6 aromatic rings. The zero-order valence-electron chi connectivity index (χ0n) is 27.0. The second kappa shape index (κ2) is 12.8. The van der Waals surface area contributed by atoms with Gasteiger partial charge in [-0.2, -0.15) is 0 Å². The molecule has 0 amide bonds. The number of carbonyl (C=O) groups excluding carboxylic acids is 4. The maximum absolute atomic E-state index is 15.2. The largest absolute Gasteiger partial charge is 0.293 e. The third-order valence-corrected chi connectivity index (χ3v) is 9.67. The van der Waals surface area contributed by atoms with Crippen LogP contribution in [0.1, 0.15) is 63.7 Å². The van der Waals surface area contributed by atoms with Crippen molar-refractivity contribution in [1.82, 2.24) is 0 Å². The van der Waals surface area contributed by atoms with Gasteiger partial charge in [0.1, 0.15) is 0 Å². The number of ketones is 4. The number of benzene rings is 6. The van der Waals surface area contributed by atoms with Crippen molar-refractivity contribution < 1.29 is 19.2 Å². The standard InChI is InChI=1S/C46H30O4/c47-43-33-25-13-15-27-35(33)45(49)41(39(43)37(29-17-5-1-6-18-29)30-19-7-2-8-20-30)42-40(44(48)34-26-14-16-28-36(34)46(42)50)38(31-21-9-3-10-22-31)32-23-11-4-12-24-32/h1-28,41-42H. The highest BCUT2D eigenvalue weighted by Crippen LogP contribution is 2.48. The highest BCUT2D eigenvalue weighted by Gasteiger charge is 2.51. The van der Waals surface area contributed by atoms with Gasteiger partial charge >= 0.3 is 0 Å². The zero-order chi connectivity index (χ0) is 34.2. The molecule has 4 heteroatoms. The van der Waals surface area contributed by atoms with Crippen molar-refractivity contribution in [3.8, 4) is 0 Å². The Hall–Kier alpha value is -6.52. The lowest BCUT2D eigenvalue weighted by molar-refractivity contribution is 0.0766. The molecule has 2 aliphatic carbocycles. The molecule has 0 saturated heterocycles. The van der Waals surface area contributed by atoms with Crippen LogP contribution in [-0.4, -0.2) is 23.1 Å². The molecule has 6 aromatic carbocycles. The van der Waals surface area contributed by atoms with Gasteiger partial charge in [0.2, 0.25) is 0 Å². The number of hydrogen-bond acceptors (Lipinski definition) is 4. The van der Waals surface area contributed by atoms with Crippen LogP contribution in [0.15, 0.2) is 181 Å². The average molecular weight is 647 g/mol.